The molecule has 22 heavy (non-hydrogen) atoms. The molecule has 0 saturated heterocycles. The van der Waals surface area contributed by atoms with Crippen LogP contribution in [0.4, 0.5) is 11.6 Å². The van der Waals surface area contributed by atoms with Crippen LogP contribution in [0.5, 0.6) is 5.88 Å². The van der Waals surface area contributed by atoms with E-state index < -0.39 is 6.10 Å². The lowest BCUT2D eigenvalue weighted by Crippen LogP contribution is -2.13. The highest BCUT2D eigenvalue weighted by molar-refractivity contribution is 6.31. The number of aromatic amines is 1. The molecule has 0 fully saturated rings. The van der Waals surface area contributed by atoms with Gasteiger partial charge in [-0.25, -0.2) is 0 Å². The van der Waals surface area contributed by atoms with Gasteiger partial charge < -0.3 is 15.2 Å². The minimum absolute atomic E-state index is 0.201. The quantitative estimate of drug-likeness (QED) is 0.760. The number of anilines is 2. The molecule has 1 heterocycles. The van der Waals surface area contributed by atoms with E-state index >= 15 is 0 Å². The van der Waals surface area contributed by atoms with E-state index in [1.165, 1.54) is 6.07 Å². The summed E-state index contributed by atoms with van der Waals surface area (Å²) in [7, 11) is 0. The molecule has 1 aromatic carbocycles. The molecule has 3 N–H and O–H groups in total. The van der Waals surface area contributed by atoms with E-state index in [9.17, 15) is 9.90 Å². The van der Waals surface area contributed by atoms with Crippen LogP contribution in [0.1, 0.15) is 18.9 Å². The topological polar surface area (TPSA) is 87.2 Å². The number of aliphatic hydroxyl groups excluding tert-OH is 1. The lowest BCUT2D eigenvalue weighted by molar-refractivity contribution is 0.154. The van der Waals surface area contributed by atoms with E-state index in [0.29, 0.717) is 11.4 Å². The van der Waals surface area contributed by atoms with Crippen molar-refractivity contribution in [2.45, 2.75) is 26.4 Å². The smallest absolute Gasteiger partial charge is 0.256 e. The maximum atomic E-state index is 11.7. The summed E-state index contributed by atoms with van der Waals surface area (Å²) in [6.07, 6.45) is -0.00123. The van der Waals surface area contributed by atoms with Crippen molar-refractivity contribution in [1.82, 2.24) is 9.97 Å². The van der Waals surface area contributed by atoms with Gasteiger partial charge >= 0.3 is 0 Å². The van der Waals surface area contributed by atoms with Crippen molar-refractivity contribution < 1.29 is 9.84 Å². The van der Waals surface area contributed by atoms with Crippen LogP contribution in [0.2, 0.25) is 5.02 Å². The van der Waals surface area contributed by atoms with Gasteiger partial charge in [0.2, 0.25) is 11.8 Å². The Bertz CT molecular complexity index is 701. The standard InChI is InChI=1S/C15H18ClN3O3/c1-9(20)6-7-22-14-8-13(21)18-15(19-14)17-12-5-3-4-11(16)10(12)2/h3-5,8-9,20H,6-7H2,1-2H3,(H2,17,18,19,21). The molecule has 2 rings (SSSR count). The number of rotatable bonds is 6. The molecule has 1 unspecified atom stereocenters. The molecular weight excluding hydrogens is 306 g/mol. The number of aliphatic hydroxyl groups is 1. The summed E-state index contributed by atoms with van der Waals surface area (Å²) in [4.78, 5) is 18.4. The van der Waals surface area contributed by atoms with Crippen LogP contribution in [-0.2, 0) is 0 Å². The molecular formula is C15H18ClN3O3. The molecule has 0 amide bonds. The number of aromatic nitrogens is 2. The number of halogens is 1. The van der Waals surface area contributed by atoms with Gasteiger partial charge in [0.25, 0.3) is 5.56 Å². The maximum absolute atomic E-state index is 11.7. The zero-order valence-electron chi connectivity index (χ0n) is 12.4. The van der Waals surface area contributed by atoms with Gasteiger partial charge in [0.05, 0.1) is 18.8 Å². The molecule has 7 heteroatoms. The summed E-state index contributed by atoms with van der Waals surface area (Å²) in [6, 6.07) is 6.69. The first-order valence-corrected chi connectivity index (χ1v) is 7.28. The van der Waals surface area contributed by atoms with Gasteiger partial charge in [0.15, 0.2) is 0 Å². The van der Waals surface area contributed by atoms with E-state index in [-0.39, 0.29) is 24.0 Å². The Balaban J connectivity index is 2.16. The van der Waals surface area contributed by atoms with Gasteiger partial charge in [-0.1, -0.05) is 17.7 Å². The third kappa shape index (κ3) is 4.47. The summed E-state index contributed by atoms with van der Waals surface area (Å²) in [5.41, 5.74) is 1.27. The second kappa shape index (κ2) is 7.29. The Hall–Kier alpha value is -2.05. The third-order valence-corrected chi connectivity index (χ3v) is 3.43. The largest absolute Gasteiger partial charge is 0.477 e. The van der Waals surface area contributed by atoms with Crippen LogP contribution in [0.3, 0.4) is 0 Å². The van der Waals surface area contributed by atoms with Gasteiger partial charge in [-0.2, -0.15) is 4.98 Å². The molecule has 1 aromatic heterocycles. The molecule has 0 saturated carbocycles. The number of nitrogens with one attached hydrogen (secondary N) is 2. The van der Waals surface area contributed by atoms with Gasteiger partial charge in [0.1, 0.15) is 0 Å². The number of nitrogens with zero attached hydrogens (tertiary/aromatic N) is 1. The number of benzene rings is 1. The fourth-order valence-corrected chi connectivity index (χ4v) is 1.95. The Labute approximate surface area is 133 Å². The fourth-order valence-electron chi connectivity index (χ4n) is 1.77. The average molecular weight is 324 g/mol. The van der Waals surface area contributed by atoms with Crippen molar-refractivity contribution in [3.8, 4) is 5.88 Å². The van der Waals surface area contributed by atoms with Crippen molar-refractivity contribution in [3.05, 3.63) is 45.2 Å². The van der Waals surface area contributed by atoms with E-state index in [4.69, 9.17) is 16.3 Å². The highest BCUT2D eigenvalue weighted by Gasteiger charge is 2.07. The molecule has 0 aliphatic heterocycles. The predicted molar refractivity (Wildman–Crippen MR) is 86.1 cm³/mol. The second-order valence-electron chi connectivity index (χ2n) is 4.96. The number of hydrogen-bond acceptors (Lipinski definition) is 5. The molecule has 0 spiro atoms. The van der Waals surface area contributed by atoms with Crippen LogP contribution < -0.4 is 15.6 Å². The SMILES string of the molecule is Cc1c(Cl)cccc1Nc1nc(OCCC(C)O)cc(=O)[nH]1. The summed E-state index contributed by atoms with van der Waals surface area (Å²) >= 11 is 6.06. The minimum atomic E-state index is -0.464. The summed E-state index contributed by atoms with van der Waals surface area (Å²) in [6.45, 7) is 3.82. The Morgan fingerprint density at radius 3 is 3.00 bits per heavy atom. The van der Waals surface area contributed by atoms with Gasteiger partial charge in [0, 0.05) is 17.1 Å². The van der Waals surface area contributed by atoms with E-state index in [1.54, 1.807) is 19.1 Å². The van der Waals surface area contributed by atoms with Crippen molar-refractivity contribution in [2.75, 3.05) is 11.9 Å². The van der Waals surface area contributed by atoms with Crippen LogP contribution in [0.15, 0.2) is 29.1 Å². The highest BCUT2D eigenvalue weighted by atomic mass is 35.5. The predicted octanol–water partition coefficient (Wildman–Crippen LogP) is 2.63. The zero-order chi connectivity index (χ0) is 16.1. The summed E-state index contributed by atoms with van der Waals surface area (Å²) in [5, 5.41) is 12.8. The van der Waals surface area contributed by atoms with E-state index in [0.717, 1.165) is 11.3 Å². The summed E-state index contributed by atoms with van der Waals surface area (Å²) < 4.78 is 5.37. The lowest BCUT2D eigenvalue weighted by Gasteiger charge is -2.11. The first kappa shape index (κ1) is 16.3. The molecule has 6 nitrogen and oxygen atoms in total. The summed E-state index contributed by atoms with van der Waals surface area (Å²) in [5.74, 6) is 0.469. The molecule has 0 bridgehead atoms. The molecule has 0 aliphatic rings. The highest BCUT2D eigenvalue weighted by Crippen LogP contribution is 2.24. The fraction of sp³-hybridized carbons (Fsp3) is 0.333. The van der Waals surface area contributed by atoms with Crippen LogP contribution in [-0.4, -0.2) is 27.8 Å². The van der Waals surface area contributed by atoms with Gasteiger partial charge in [-0.15, -0.1) is 0 Å². The second-order valence-corrected chi connectivity index (χ2v) is 5.36. The molecule has 118 valence electrons. The Morgan fingerprint density at radius 1 is 1.50 bits per heavy atom. The lowest BCUT2D eigenvalue weighted by atomic mass is 10.2. The normalized spacial score (nSPS) is 12.0. The van der Waals surface area contributed by atoms with Crippen molar-refractivity contribution in [2.24, 2.45) is 0 Å². The number of ether oxygens (including phenoxy) is 1. The van der Waals surface area contributed by atoms with Crippen molar-refractivity contribution in [3.63, 3.8) is 0 Å². The third-order valence-electron chi connectivity index (χ3n) is 3.02. The van der Waals surface area contributed by atoms with Crippen LogP contribution in [0, 0.1) is 6.92 Å². The van der Waals surface area contributed by atoms with Gasteiger partial charge in [-0.3, -0.25) is 9.78 Å². The zero-order valence-corrected chi connectivity index (χ0v) is 13.1. The van der Waals surface area contributed by atoms with Crippen molar-refractivity contribution in [1.29, 1.82) is 0 Å². The van der Waals surface area contributed by atoms with Crippen LogP contribution in [0.25, 0.3) is 0 Å². The Morgan fingerprint density at radius 2 is 2.27 bits per heavy atom. The first-order valence-electron chi connectivity index (χ1n) is 6.90. The molecule has 1 atom stereocenters. The number of hydrogen-bond donors (Lipinski definition) is 3. The average Bonchev–Trinajstić information content (AvgIpc) is 2.43. The molecule has 2 aromatic rings. The van der Waals surface area contributed by atoms with Gasteiger partial charge in [-0.05, 0) is 31.5 Å². The Kier molecular flexibility index (Phi) is 5.41. The number of H-pyrrole nitrogens is 1. The molecule has 0 aliphatic carbocycles. The minimum Gasteiger partial charge on any atom is -0.477 e. The van der Waals surface area contributed by atoms with E-state index in [2.05, 4.69) is 15.3 Å². The first-order chi connectivity index (χ1) is 10.5. The van der Waals surface area contributed by atoms with E-state index in [1.807, 2.05) is 13.0 Å². The van der Waals surface area contributed by atoms with Crippen LogP contribution >= 0.6 is 11.6 Å². The monoisotopic (exact) mass is 323 g/mol. The van der Waals surface area contributed by atoms with Crippen molar-refractivity contribution >= 4 is 23.2 Å². The molecule has 0 radical (unpaired) electrons. The maximum Gasteiger partial charge on any atom is 0.256 e.